The van der Waals surface area contributed by atoms with E-state index in [1.54, 1.807) is 7.11 Å². The Labute approximate surface area is 163 Å². The Bertz CT molecular complexity index is 919. The van der Waals surface area contributed by atoms with E-state index in [1.807, 2.05) is 62.4 Å². The van der Waals surface area contributed by atoms with E-state index in [0.717, 1.165) is 33.3 Å². The monoisotopic (exact) mass is 382 g/mol. The summed E-state index contributed by atoms with van der Waals surface area (Å²) >= 11 is 1.39. The molecule has 0 atom stereocenters. The molecule has 0 fully saturated rings. The summed E-state index contributed by atoms with van der Waals surface area (Å²) in [6.07, 6.45) is 0. The number of carbonyl (C=O) groups excluding carboxylic acids is 1. The van der Waals surface area contributed by atoms with Gasteiger partial charge in [-0.25, -0.2) is 4.98 Å². The van der Waals surface area contributed by atoms with E-state index >= 15 is 0 Å². The molecular formula is C21H22N2O3S. The van der Waals surface area contributed by atoms with E-state index in [-0.39, 0.29) is 5.91 Å². The molecule has 0 spiro atoms. The Morgan fingerprint density at radius 3 is 2.59 bits per heavy atom. The number of aryl methyl sites for hydroxylation is 2. The average molecular weight is 382 g/mol. The summed E-state index contributed by atoms with van der Waals surface area (Å²) in [6, 6.07) is 15.5. The predicted molar refractivity (Wildman–Crippen MR) is 108 cm³/mol. The highest BCUT2D eigenvalue weighted by atomic mass is 32.1. The molecule has 1 aromatic heterocycles. The lowest BCUT2D eigenvalue weighted by molar-refractivity contribution is 0.0950. The Morgan fingerprint density at radius 1 is 1.11 bits per heavy atom. The maximum absolute atomic E-state index is 12.5. The number of rotatable bonds is 7. The summed E-state index contributed by atoms with van der Waals surface area (Å²) in [5, 5.41) is 3.71. The first-order chi connectivity index (χ1) is 13.1. The highest BCUT2D eigenvalue weighted by molar-refractivity contribution is 7.17. The molecule has 0 saturated heterocycles. The van der Waals surface area contributed by atoms with Crippen LogP contribution >= 0.6 is 11.3 Å². The van der Waals surface area contributed by atoms with Crippen LogP contribution in [0, 0.1) is 13.8 Å². The fourth-order valence-electron chi connectivity index (χ4n) is 2.58. The molecule has 140 valence electrons. The van der Waals surface area contributed by atoms with E-state index in [0.29, 0.717) is 18.0 Å². The number of aromatic nitrogens is 1. The molecule has 0 aliphatic carbocycles. The molecule has 6 heteroatoms. The van der Waals surface area contributed by atoms with Crippen molar-refractivity contribution < 1.29 is 14.3 Å². The number of thiazole rings is 1. The van der Waals surface area contributed by atoms with Gasteiger partial charge < -0.3 is 14.8 Å². The maximum atomic E-state index is 12.5. The first-order valence-electron chi connectivity index (χ1n) is 8.66. The summed E-state index contributed by atoms with van der Waals surface area (Å²) in [5.41, 5.74) is 2.83. The van der Waals surface area contributed by atoms with E-state index in [4.69, 9.17) is 9.47 Å². The molecule has 3 aromatic rings. The van der Waals surface area contributed by atoms with Gasteiger partial charge in [0.1, 0.15) is 28.0 Å². The van der Waals surface area contributed by atoms with Gasteiger partial charge in [0.15, 0.2) is 0 Å². The van der Waals surface area contributed by atoms with Gasteiger partial charge >= 0.3 is 0 Å². The van der Waals surface area contributed by atoms with Gasteiger partial charge in [-0.2, -0.15) is 0 Å². The molecule has 0 bridgehead atoms. The average Bonchev–Trinajstić information content (AvgIpc) is 3.07. The number of ether oxygens (including phenoxy) is 2. The van der Waals surface area contributed by atoms with E-state index in [9.17, 15) is 4.79 Å². The number of benzene rings is 2. The van der Waals surface area contributed by atoms with E-state index in [2.05, 4.69) is 10.3 Å². The third-order valence-corrected chi connectivity index (χ3v) is 5.19. The minimum absolute atomic E-state index is 0.127. The molecule has 0 radical (unpaired) electrons. The molecule has 1 N–H and O–H groups in total. The van der Waals surface area contributed by atoms with Crippen molar-refractivity contribution in [3.8, 4) is 22.1 Å². The first-order valence-corrected chi connectivity index (χ1v) is 9.48. The number of hydrogen-bond acceptors (Lipinski definition) is 5. The van der Waals surface area contributed by atoms with Crippen LogP contribution in [0.3, 0.4) is 0 Å². The van der Waals surface area contributed by atoms with Gasteiger partial charge in [0.25, 0.3) is 5.91 Å². The first kappa shape index (κ1) is 18.9. The second-order valence-corrected chi connectivity index (χ2v) is 7.08. The normalized spacial score (nSPS) is 10.5. The zero-order chi connectivity index (χ0) is 19.2. The summed E-state index contributed by atoms with van der Waals surface area (Å²) < 4.78 is 10.8. The third kappa shape index (κ3) is 4.86. The van der Waals surface area contributed by atoms with Crippen molar-refractivity contribution >= 4 is 17.2 Å². The zero-order valence-corrected chi connectivity index (χ0v) is 16.4. The second kappa shape index (κ2) is 8.68. The van der Waals surface area contributed by atoms with Crippen LogP contribution in [0.4, 0.5) is 0 Å². The fourth-order valence-corrected chi connectivity index (χ4v) is 3.57. The molecule has 0 aliphatic rings. The minimum atomic E-state index is -0.127. The second-order valence-electron chi connectivity index (χ2n) is 6.08. The van der Waals surface area contributed by atoms with Crippen molar-refractivity contribution in [2.24, 2.45) is 0 Å². The number of hydrogen-bond donors (Lipinski definition) is 1. The molecule has 3 rings (SSSR count). The molecular weight excluding hydrogens is 360 g/mol. The molecule has 1 heterocycles. The van der Waals surface area contributed by atoms with Crippen molar-refractivity contribution in [2.75, 3.05) is 20.3 Å². The quantitative estimate of drug-likeness (QED) is 0.621. The highest BCUT2D eigenvalue weighted by Crippen LogP contribution is 2.29. The van der Waals surface area contributed by atoms with Gasteiger partial charge in [-0.1, -0.05) is 12.1 Å². The lowest BCUT2D eigenvalue weighted by Gasteiger charge is -2.07. The Balaban J connectivity index is 1.57. The molecule has 1 amide bonds. The molecule has 0 saturated carbocycles. The van der Waals surface area contributed by atoms with Gasteiger partial charge in [-0.15, -0.1) is 11.3 Å². The van der Waals surface area contributed by atoms with Crippen molar-refractivity contribution in [1.82, 2.24) is 10.3 Å². The van der Waals surface area contributed by atoms with Crippen molar-refractivity contribution in [2.45, 2.75) is 13.8 Å². The molecule has 5 nitrogen and oxygen atoms in total. The molecule has 0 unspecified atom stereocenters. The van der Waals surface area contributed by atoms with Crippen LogP contribution in [0.15, 0.2) is 48.5 Å². The number of methoxy groups -OCH3 is 1. The minimum Gasteiger partial charge on any atom is -0.497 e. The third-order valence-electron chi connectivity index (χ3n) is 3.99. The van der Waals surface area contributed by atoms with Crippen LogP contribution in [0.5, 0.6) is 11.5 Å². The molecule has 0 aliphatic heterocycles. The number of nitrogens with zero attached hydrogens (tertiary/aromatic N) is 1. The van der Waals surface area contributed by atoms with Crippen molar-refractivity contribution in [3.05, 3.63) is 64.7 Å². The topological polar surface area (TPSA) is 60.5 Å². The van der Waals surface area contributed by atoms with Crippen molar-refractivity contribution in [1.29, 1.82) is 0 Å². The summed E-state index contributed by atoms with van der Waals surface area (Å²) in [6.45, 7) is 4.71. The maximum Gasteiger partial charge on any atom is 0.263 e. The van der Waals surface area contributed by atoms with Crippen LogP contribution in [-0.2, 0) is 0 Å². The molecule has 2 aromatic carbocycles. The SMILES string of the molecule is COc1ccc(-c2nc(C)c(C(=O)NCCOc3cccc(C)c3)s2)cc1. The van der Waals surface area contributed by atoms with Gasteiger partial charge in [0, 0.05) is 5.56 Å². The van der Waals surface area contributed by atoms with Crippen molar-refractivity contribution in [3.63, 3.8) is 0 Å². The van der Waals surface area contributed by atoms with Crippen LogP contribution in [0.25, 0.3) is 10.6 Å². The van der Waals surface area contributed by atoms with Gasteiger partial charge in [0.2, 0.25) is 0 Å². The lowest BCUT2D eigenvalue weighted by Crippen LogP contribution is -2.27. The van der Waals surface area contributed by atoms with Gasteiger partial charge in [0.05, 0.1) is 19.3 Å². The van der Waals surface area contributed by atoms with E-state index < -0.39 is 0 Å². The van der Waals surface area contributed by atoms with Crippen LogP contribution in [0.1, 0.15) is 20.9 Å². The largest absolute Gasteiger partial charge is 0.497 e. The Hall–Kier alpha value is -2.86. The fraction of sp³-hybridized carbons (Fsp3) is 0.238. The summed E-state index contributed by atoms with van der Waals surface area (Å²) in [4.78, 5) is 17.6. The van der Waals surface area contributed by atoms with Crippen LogP contribution < -0.4 is 14.8 Å². The van der Waals surface area contributed by atoms with Crippen LogP contribution in [0.2, 0.25) is 0 Å². The van der Waals surface area contributed by atoms with Gasteiger partial charge in [-0.3, -0.25) is 4.79 Å². The summed E-state index contributed by atoms with van der Waals surface area (Å²) in [5.74, 6) is 1.47. The smallest absolute Gasteiger partial charge is 0.263 e. The highest BCUT2D eigenvalue weighted by Gasteiger charge is 2.16. The lowest BCUT2D eigenvalue weighted by atomic mass is 10.2. The standard InChI is InChI=1S/C21H22N2O3S/c1-14-5-4-6-18(13-14)26-12-11-22-20(24)19-15(2)23-21(27-19)16-7-9-17(25-3)10-8-16/h4-10,13H,11-12H2,1-3H3,(H,22,24). The Morgan fingerprint density at radius 2 is 1.89 bits per heavy atom. The summed E-state index contributed by atoms with van der Waals surface area (Å²) in [7, 11) is 1.63. The number of carbonyl (C=O) groups is 1. The number of amides is 1. The predicted octanol–water partition coefficient (Wildman–Crippen LogP) is 4.24. The van der Waals surface area contributed by atoms with Gasteiger partial charge in [-0.05, 0) is 55.8 Å². The zero-order valence-electron chi connectivity index (χ0n) is 15.6. The van der Waals surface area contributed by atoms with Crippen LogP contribution in [-0.4, -0.2) is 31.2 Å². The number of nitrogens with one attached hydrogen (secondary N) is 1. The van der Waals surface area contributed by atoms with E-state index in [1.165, 1.54) is 11.3 Å². The Kier molecular flexibility index (Phi) is 6.08. The molecule has 27 heavy (non-hydrogen) atoms.